The van der Waals surface area contributed by atoms with Crippen LogP contribution in [0.5, 0.6) is 11.5 Å². The van der Waals surface area contributed by atoms with Crippen molar-refractivity contribution in [2.45, 2.75) is 32.6 Å². The molecule has 0 spiro atoms. The number of benzene rings is 1. The van der Waals surface area contributed by atoms with Crippen LogP contribution in [0, 0.1) is 11.3 Å². The highest BCUT2D eigenvalue weighted by atomic mass is 16.5. The molecule has 0 aliphatic rings. The number of carbonyl (C=O) groups excluding carboxylic acids is 1. The maximum Gasteiger partial charge on any atom is 0.261 e. The number of nitrogens with one attached hydrogen (secondary N) is 1. The van der Waals surface area contributed by atoms with Crippen molar-refractivity contribution in [1.29, 1.82) is 5.26 Å². The van der Waals surface area contributed by atoms with Gasteiger partial charge in [0.15, 0.2) is 11.5 Å². The van der Waals surface area contributed by atoms with Crippen LogP contribution in [0.2, 0.25) is 0 Å². The number of nitrogens with zero attached hydrogens (tertiary/aromatic N) is 1. The fraction of sp³-hybridized carbons (Fsp3) is 0.412. The zero-order valence-corrected chi connectivity index (χ0v) is 13.1. The summed E-state index contributed by atoms with van der Waals surface area (Å²) >= 11 is 0. The van der Waals surface area contributed by atoms with Crippen molar-refractivity contribution in [1.82, 2.24) is 5.32 Å². The lowest BCUT2D eigenvalue weighted by Gasteiger charge is -2.06. The molecular formula is C17H22N2O3. The Balaban J connectivity index is 2.70. The van der Waals surface area contributed by atoms with Crippen molar-refractivity contribution in [2.75, 3.05) is 13.7 Å². The highest BCUT2D eigenvalue weighted by Gasteiger charge is 2.09. The van der Waals surface area contributed by atoms with Gasteiger partial charge < -0.3 is 15.2 Å². The van der Waals surface area contributed by atoms with Gasteiger partial charge in [-0.15, -0.1) is 0 Å². The molecule has 0 saturated heterocycles. The molecule has 1 aromatic rings. The lowest BCUT2D eigenvalue weighted by Crippen LogP contribution is -2.25. The Hall–Kier alpha value is -2.48. The average molecular weight is 302 g/mol. The molecule has 1 amide bonds. The molecule has 0 saturated carbocycles. The highest BCUT2D eigenvalue weighted by molar-refractivity contribution is 6.01. The van der Waals surface area contributed by atoms with Gasteiger partial charge in [-0.05, 0) is 30.2 Å². The molecule has 5 heteroatoms. The number of nitriles is 1. The minimum atomic E-state index is -0.383. The summed E-state index contributed by atoms with van der Waals surface area (Å²) in [6.45, 7) is 2.69. The summed E-state index contributed by atoms with van der Waals surface area (Å²) in [5.74, 6) is -0.0735. The number of phenols is 1. The van der Waals surface area contributed by atoms with Gasteiger partial charge in [0.2, 0.25) is 0 Å². The van der Waals surface area contributed by atoms with Gasteiger partial charge in [-0.1, -0.05) is 32.3 Å². The summed E-state index contributed by atoms with van der Waals surface area (Å²) in [5.41, 5.74) is 0.649. The predicted molar refractivity (Wildman–Crippen MR) is 85.4 cm³/mol. The number of aromatic hydroxyl groups is 1. The summed E-state index contributed by atoms with van der Waals surface area (Å²) in [6.07, 6.45) is 5.73. The lowest BCUT2D eigenvalue weighted by atomic mass is 10.1. The molecular weight excluding hydrogens is 280 g/mol. The third kappa shape index (κ3) is 5.49. The Kier molecular flexibility index (Phi) is 7.55. The molecule has 1 aromatic carbocycles. The fourth-order valence-electron chi connectivity index (χ4n) is 1.95. The van der Waals surface area contributed by atoms with Gasteiger partial charge >= 0.3 is 0 Å². The first-order valence-electron chi connectivity index (χ1n) is 7.39. The molecule has 0 fully saturated rings. The fourth-order valence-corrected chi connectivity index (χ4v) is 1.95. The molecule has 2 N–H and O–H groups in total. The van der Waals surface area contributed by atoms with Crippen molar-refractivity contribution >= 4 is 12.0 Å². The number of hydrogen-bond acceptors (Lipinski definition) is 4. The van der Waals surface area contributed by atoms with E-state index in [9.17, 15) is 9.90 Å². The Bertz CT molecular complexity index is 574. The molecule has 118 valence electrons. The minimum absolute atomic E-state index is 0.0125. The topological polar surface area (TPSA) is 82.4 Å². The number of ether oxygens (including phenoxy) is 1. The first kappa shape index (κ1) is 17.6. The molecule has 0 radical (unpaired) electrons. The molecule has 0 atom stereocenters. The van der Waals surface area contributed by atoms with Gasteiger partial charge in [-0.3, -0.25) is 4.79 Å². The second kappa shape index (κ2) is 9.46. The van der Waals surface area contributed by atoms with Crippen LogP contribution in [0.3, 0.4) is 0 Å². The molecule has 0 aliphatic heterocycles. The molecule has 1 rings (SSSR count). The monoisotopic (exact) mass is 302 g/mol. The van der Waals surface area contributed by atoms with Crippen LogP contribution in [0.25, 0.3) is 6.08 Å². The quantitative estimate of drug-likeness (QED) is 0.439. The molecule has 5 nitrogen and oxygen atoms in total. The molecule has 22 heavy (non-hydrogen) atoms. The van der Waals surface area contributed by atoms with E-state index in [2.05, 4.69) is 12.2 Å². The zero-order chi connectivity index (χ0) is 16.4. The van der Waals surface area contributed by atoms with Crippen LogP contribution in [0.15, 0.2) is 23.8 Å². The minimum Gasteiger partial charge on any atom is -0.504 e. The Morgan fingerprint density at radius 2 is 2.18 bits per heavy atom. The summed E-state index contributed by atoms with van der Waals surface area (Å²) in [7, 11) is 1.44. The molecule has 0 bridgehead atoms. The predicted octanol–water partition coefficient (Wildman–Crippen LogP) is 3.00. The smallest absolute Gasteiger partial charge is 0.261 e. The van der Waals surface area contributed by atoms with Crippen LogP contribution in [0.4, 0.5) is 0 Å². The Labute approximate surface area is 131 Å². The van der Waals surface area contributed by atoms with Gasteiger partial charge in [0.25, 0.3) is 5.91 Å². The van der Waals surface area contributed by atoms with Crippen molar-refractivity contribution < 1.29 is 14.6 Å². The summed E-state index contributed by atoms with van der Waals surface area (Å²) in [5, 5.41) is 21.4. The number of rotatable bonds is 8. The number of carbonyl (C=O) groups is 1. The third-order valence-electron chi connectivity index (χ3n) is 3.20. The maximum absolute atomic E-state index is 12.0. The van der Waals surface area contributed by atoms with Crippen LogP contribution < -0.4 is 10.1 Å². The van der Waals surface area contributed by atoms with E-state index in [4.69, 9.17) is 10.00 Å². The van der Waals surface area contributed by atoms with Crippen molar-refractivity contribution in [3.05, 3.63) is 29.3 Å². The van der Waals surface area contributed by atoms with Gasteiger partial charge in [-0.25, -0.2) is 0 Å². The second-order valence-corrected chi connectivity index (χ2v) is 4.92. The maximum atomic E-state index is 12.0. The Morgan fingerprint density at radius 3 is 2.82 bits per heavy atom. The van der Waals surface area contributed by atoms with Crippen LogP contribution in [0.1, 0.15) is 38.2 Å². The van der Waals surface area contributed by atoms with Crippen LogP contribution in [-0.4, -0.2) is 24.7 Å². The van der Waals surface area contributed by atoms with Crippen molar-refractivity contribution in [2.24, 2.45) is 0 Å². The first-order chi connectivity index (χ1) is 10.6. The van der Waals surface area contributed by atoms with Crippen LogP contribution in [-0.2, 0) is 4.79 Å². The summed E-state index contributed by atoms with van der Waals surface area (Å²) in [4.78, 5) is 12.0. The van der Waals surface area contributed by atoms with Gasteiger partial charge in [-0.2, -0.15) is 5.26 Å². The van der Waals surface area contributed by atoms with E-state index in [0.717, 1.165) is 25.7 Å². The number of hydrogen-bond donors (Lipinski definition) is 2. The van der Waals surface area contributed by atoms with E-state index in [1.54, 1.807) is 12.1 Å². The average Bonchev–Trinajstić information content (AvgIpc) is 2.53. The van der Waals surface area contributed by atoms with E-state index < -0.39 is 0 Å². The normalized spacial score (nSPS) is 10.9. The van der Waals surface area contributed by atoms with E-state index in [1.807, 2.05) is 6.07 Å². The largest absolute Gasteiger partial charge is 0.504 e. The Morgan fingerprint density at radius 1 is 1.41 bits per heavy atom. The van der Waals surface area contributed by atoms with E-state index in [-0.39, 0.29) is 17.2 Å². The van der Waals surface area contributed by atoms with E-state index in [0.29, 0.717) is 17.9 Å². The molecule has 0 aromatic heterocycles. The number of amides is 1. The van der Waals surface area contributed by atoms with Gasteiger partial charge in [0, 0.05) is 6.54 Å². The summed E-state index contributed by atoms with van der Waals surface area (Å²) < 4.78 is 5.00. The summed E-state index contributed by atoms with van der Waals surface area (Å²) in [6, 6.07) is 6.55. The van der Waals surface area contributed by atoms with E-state index >= 15 is 0 Å². The number of methoxy groups -OCH3 is 1. The number of phenolic OH excluding ortho intramolecular Hbond substituents is 1. The van der Waals surface area contributed by atoms with Gasteiger partial charge in [0.1, 0.15) is 11.6 Å². The zero-order valence-electron chi connectivity index (χ0n) is 13.1. The van der Waals surface area contributed by atoms with Crippen molar-refractivity contribution in [3.63, 3.8) is 0 Å². The lowest BCUT2D eigenvalue weighted by molar-refractivity contribution is -0.117. The van der Waals surface area contributed by atoms with Crippen LogP contribution >= 0.6 is 0 Å². The molecule has 0 heterocycles. The second-order valence-electron chi connectivity index (χ2n) is 4.92. The SMILES string of the molecule is CCCCCCNC(=O)/C(C#N)=C/c1ccc(O)c(OC)c1. The third-order valence-corrected chi connectivity index (χ3v) is 3.20. The molecule has 0 unspecified atom stereocenters. The van der Waals surface area contributed by atoms with E-state index in [1.165, 1.54) is 19.3 Å². The standard InChI is InChI=1S/C17H22N2O3/c1-3-4-5-6-9-19-17(21)14(12-18)10-13-7-8-15(20)16(11-13)22-2/h7-8,10-11,20H,3-6,9H2,1-2H3,(H,19,21)/b14-10+. The van der Waals surface area contributed by atoms with Crippen molar-refractivity contribution in [3.8, 4) is 17.6 Å². The van der Waals surface area contributed by atoms with Gasteiger partial charge in [0.05, 0.1) is 7.11 Å². The highest BCUT2D eigenvalue weighted by Crippen LogP contribution is 2.27. The number of unbranched alkanes of at least 4 members (excludes halogenated alkanes) is 3. The first-order valence-corrected chi connectivity index (χ1v) is 7.39. The molecule has 0 aliphatic carbocycles.